The highest BCUT2D eigenvalue weighted by atomic mass is 35.5. The van der Waals surface area contributed by atoms with E-state index in [-0.39, 0.29) is 11.7 Å². The summed E-state index contributed by atoms with van der Waals surface area (Å²) < 4.78 is 7.11. The number of hydrazone groups is 1. The van der Waals surface area contributed by atoms with Crippen molar-refractivity contribution >= 4 is 41.5 Å². The highest BCUT2D eigenvalue weighted by Gasteiger charge is 2.17. The predicted octanol–water partition coefficient (Wildman–Crippen LogP) is 4.60. The first-order valence-corrected chi connectivity index (χ1v) is 12.4. The third-order valence-electron chi connectivity index (χ3n) is 5.02. The van der Waals surface area contributed by atoms with Gasteiger partial charge in [0.1, 0.15) is 5.75 Å². The van der Waals surface area contributed by atoms with E-state index in [1.165, 1.54) is 18.0 Å². The number of carbonyl (C=O) groups is 2. The summed E-state index contributed by atoms with van der Waals surface area (Å²) >= 11 is 7.29. The first kappa shape index (κ1) is 25.9. The van der Waals surface area contributed by atoms with Crippen molar-refractivity contribution in [2.24, 2.45) is 5.10 Å². The summed E-state index contributed by atoms with van der Waals surface area (Å²) in [6.07, 6.45) is 1.39. The maximum Gasteiger partial charge on any atom is 0.341 e. The van der Waals surface area contributed by atoms with Crippen LogP contribution in [0.15, 0.2) is 83.1 Å². The zero-order chi connectivity index (χ0) is 26.2. The monoisotopic (exact) mass is 535 g/mol. The molecule has 37 heavy (non-hydrogen) atoms. The van der Waals surface area contributed by atoms with E-state index in [1.807, 2.05) is 47.9 Å². The van der Waals surface area contributed by atoms with Gasteiger partial charge in [0.05, 0.1) is 12.0 Å². The number of carboxylic acid groups (broad SMARTS) is 1. The van der Waals surface area contributed by atoms with Gasteiger partial charge in [0.25, 0.3) is 5.91 Å². The number of ether oxygens (including phenoxy) is 1. The molecule has 4 aromatic rings. The lowest BCUT2D eigenvalue weighted by molar-refractivity contribution is -0.139. The Balaban J connectivity index is 1.47. The van der Waals surface area contributed by atoms with Gasteiger partial charge in [0.15, 0.2) is 17.6 Å². The molecule has 0 spiro atoms. The number of amides is 1. The summed E-state index contributed by atoms with van der Waals surface area (Å²) in [5.41, 5.74) is 5.82. The second-order valence-electron chi connectivity index (χ2n) is 7.79. The summed E-state index contributed by atoms with van der Waals surface area (Å²) in [7, 11) is 0. The molecule has 0 aliphatic rings. The number of rotatable bonds is 10. The average molecular weight is 536 g/mol. The molecular weight excluding hydrogens is 514 g/mol. The van der Waals surface area contributed by atoms with Gasteiger partial charge in [-0.2, -0.15) is 5.10 Å². The first-order valence-electron chi connectivity index (χ1n) is 11.1. The van der Waals surface area contributed by atoms with Crippen molar-refractivity contribution in [2.75, 3.05) is 12.4 Å². The smallest absolute Gasteiger partial charge is 0.341 e. The van der Waals surface area contributed by atoms with Crippen LogP contribution in [0.2, 0.25) is 5.02 Å². The van der Waals surface area contributed by atoms with Crippen LogP contribution in [0, 0.1) is 6.92 Å². The normalized spacial score (nSPS) is 11.0. The van der Waals surface area contributed by atoms with Crippen LogP contribution in [0.4, 0.5) is 0 Å². The molecule has 0 radical (unpaired) electrons. The average Bonchev–Trinajstić information content (AvgIpc) is 3.31. The van der Waals surface area contributed by atoms with E-state index in [0.29, 0.717) is 27.3 Å². The fraction of sp³-hybridized carbons (Fsp3) is 0.115. The topological polar surface area (TPSA) is 119 Å². The van der Waals surface area contributed by atoms with Gasteiger partial charge >= 0.3 is 5.97 Å². The molecule has 0 atom stereocenters. The second kappa shape index (κ2) is 12.2. The largest absolute Gasteiger partial charge is 0.481 e. The van der Waals surface area contributed by atoms with Crippen LogP contribution in [0.25, 0.3) is 17.1 Å². The number of aromatic nitrogens is 3. The number of nitrogens with zero attached hydrogens (tertiary/aromatic N) is 4. The van der Waals surface area contributed by atoms with Gasteiger partial charge < -0.3 is 9.84 Å². The highest BCUT2D eigenvalue weighted by molar-refractivity contribution is 7.99. The number of aryl methyl sites for hydroxylation is 1. The van der Waals surface area contributed by atoms with Crippen LogP contribution in [0.1, 0.15) is 11.1 Å². The molecule has 2 N–H and O–H groups in total. The molecule has 4 rings (SSSR count). The second-order valence-corrected chi connectivity index (χ2v) is 9.17. The molecule has 0 bridgehead atoms. The maximum absolute atomic E-state index is 12.5. The van der Waals surface area contributed by atoms with Crippen molar-refractivity contribution in [3.8, 4) is 22.8 Å². The van der Waals surface area contributed by atoms with E-state index in [2.05, 4.69) is 20.7 Å². The van der Waals surface area contributed by atoms with Crippen LogP contribution in [-0.4, -0.2) is 50.3 Å². The summed E-state index contributed by atoms with van der Waals surface area (Å²) in [6.45, 7) is 1.53. The zero-order valence-corrected chi connectivity index (χ0v) is 21.2. The number of nitrogens with one attached hydrogen (secondary N) is 1. The molecule has 11 heteroatoms. The van der Waals surface area contributed by atoms with Gasteiger partial charge in [-0.15, -0.1) is 10.2 Å². The van der Waals surface area contributed by atoms with Crippen molar-refractivity contribution < 1.29 is 19.4 Å². The SMILES string of the molecule is Cc1ccc(-c2nnc(SCC(=O)N/N=C\c3ccccc3OCC(=O)O)n2-c2ccc(Cl)cc2)cc1. The van der Waals surface area contributed by atoms with Gasteiger partial charge in [-0.1, -0.05) is 65.3 Å². The van der Waals surface area contributed by atoms with Gasteiger partial charge in [0, 0.05) is 21.8 Å². The third kappa shape index (κ3) is 6.96. The van der Waals surface area contributed by atoms with Gasteiger partial charge in [-0.05, 0) is 43.3 Å². The predicted molar refractivity (Wildman–Crippen MR) is 143 cm³/mol. The molecule has 188 valence electrons. The number of para-hydroxylation sites is 1. The minimum atomic E-state index is -1.09. The molecule has 1 aromatic heterocycles. The summed E-state index contributed by atoms with van der Waals surface area (Å²) in [5.74, 6) is -0.423. The number of aliphatic carboxylic acids is 1. The molecule has 0 saturated heterocycles. The van der Waals surface area contributed by atoms with Crippen LogP contribution in [0.5, 0.6) is 5.75 Å². The Kier molecular flexibility index (Phi) is 8.55. The van der Waals surface area contributed by atoms with Crippen LogP contribution in [0.3, 0.4) is 0 Å². The number of halogens is 1. The van der Waals surface area contributed by atoms with Crippen molar-refractivity contribution in [2.45, 2.75) is 12.1 Å². The van der Waals surface area contributed by atoms with Gasteiger partial charge in [-0.3, -0.25) is 9.36 Å². The molecule has 0 fully saturated rings. The lowest BCUT2D eigenvalue weighted by Crippen LogP contribution is -2.20. The minimum Gasteiger partial charge on any atom is -0.481 e. The van der Waals surface area contributed by atoms with Crippen molar-refractivity contribution in [1.29, 1.82) is 0 Å². The molecule has 0 saturated carbocycles. The lowest BCUT2D eigenvalue weighted by Gasteiger charge is -2.10. The van der Waals surface area contributed by atoms with E-state index in [0.717, 1.165) is 16.8 Å². The van der Waals surface area contributed by atoms with Gasteiger partial charge in [0.2, 0.25) is 0 Å². The molecular formula is C26H22ClN5O4S. The van der Waals surface area contributed by atoms with Crippen molar-refractivity contribution in [3.63, 3.8) is 0 Å². The van der Waals surface area contributed by atoms with Crippen LogP contribution in [-0.2, 0) is 9.59 Å². The summed E-state index contributed by atoms with van der Waals surface area (Å²) in [6, 6.07) is 22.0. The molecule has 1 amide bonds. The Morgan fingerprint density at radius 3 is 2.54 bits per heavy atom. The Morgan fingerprint density at radius 1 is 1.08 bits per heavy atom. The van der Waals surface area contributed by atoms with E-state index in [1.54, 1.807) is 36.4 Å². The number of carboxylic acids is 1. The minimum absolute atomic E-state index is 0.0358. The molecule has 1 heterocycles. The maximum atomic E-state index is 12.5. The van der Waals surface area contributed by atoms with Gasteiger partial charge in [-0.25, -0.2) is 10.2 Å². The molecule has 9 nitrogen and oxygen atoms in total. The van der Waals surface area contributed by atoms with Crippen LogP contribution >= 0.6 is 23.4 Å². The fourth-order valence-electron chi connectivity index (χ4n) is 3.27. The Morgan fingerprint density at radius 2 is 1.81 bits per heavy atom. The lowest BCUT2D eigenvalue weighted by atomic mass is 10.1. The molecule has 0 aliphatic heterocycles. The molecule has 0 unspecified atom stereocenters. The first-order chi connectivity index (χ1) is 17.9. The van der Waals surface area contributed by atoms with E-state index < -0.39 is 12.6 Å². The quantitative estimate of drug-likeness (QED) is 0.173. The summed E-state index contributed by atoms with van der Waals surface area (Å²) in [4.78, 5) is 23.2. The summed E-state index contributed by atoms with van der Waals surface area (Å²) in [5, 5.41) is 22.6. The number of carbonyl (C=O) groups excluding carboxylic acids is 1. The standard InChI is InChI=1S/C26H22ClN5O4S/c1-17-6-8-18(9-7-17)25-30-31-26(32(25)21-12-10-20(27)11-13-21)37-16-23(33)29-28-14-19-4-2-3-5-22(19)36-15-24(34)35/h2-14H,15-16H2,1H3,(H,29,33)(H,34,35)/b28-14-. The fourth-order valence-corrected chi connectivity index (χ4v) is 4.14. The third-order valence-corrected chi connectivity index (χ3v) is 6.20. The molecule has 3 aromatic carbocycles. The Hall–Kier alpha value is -4.15. The van der Waals surface area contributed by atoms with Crippen molar-refractivity contribution in [3.05, 3.63) is 88.9 Å². The number of benzene rings is 3. The Bertz CT molecular complexity index is 1420. The molecule has 0 aliphatic carbocycles. The zero-order valence-electron chi connectivity index (χ0n) is 19.7. The number of thioether (sulfide) groups is 1. The highest BCUT2D eigenvalue weighted by Crippen LogP contribution is 2.28. The number of hydrogen-bond acceptors (Lipinski definition) is 7. The number of hydrogen-bond donors (Lipinski definition) is 2. The van der Waals surface area contributed by atoms with Crippen LogP contribution < -0.4 is 10.2 Å². The van der Waals surface area contributed by atoms with E-state index >= 15 is 0 Å². The van der Waals surface area contributed by atoms with Crippen molar-refractivity contribution in [1.82, 2.24) is 20.2 Å². The van der Waals surface area contributed by atoms with E-state index in [9.17, 15) is 9.59 Å². The Labute approximate surface area is 222 Å². The van der Waals surface area contributed by atoms with E-state index in [4.69, 9.17) is 21.4 Å².